The number of Topliss-reactive ketones (excluding diaryl/α,β-unsaturated/α-hetero) is 1. The lowest BCUT2D eigenvalue weighted by Gasteiger charge is -2.03. The SMILES string of the molecule is CC(=O)c1ccc(NC(=O)c2cc(NC(=O)c3ccco3)n(C)n2)cc1. The predicted molar refractivity (Wildman–Crippen MR) is 94.3 cm³/mol. The van der Waals surface area contributed by atoms with Crippen LogP contribution >= 0.6 is 0 Å². The highest BCUT2D eigenvalue weighted by molar-refractivity contribution is 6.05. The molecule has 2 heterocycles. The molecule has 0 atom stereocenters. The van der Waals surface area contributed by atoms with Crippen molar-refractivity contribution in [3.05, 3.63) is 65.7 Å². The third kappa shape index (κ3) is 3.69. The topological polar surface area (TPSA) is 106 Å². The number of carbonyl (C=O) groups is 3. The second-order valence-electron chi connectivity index (χ2n) is 5.56. The molecule has 0 saturated carbocycles. The molecule has 2 amide bonds. The Hall–Kier alpha value is -3.68. The van der Waals surface area contributed by atoms with Gasteiger partial charge in [0.25, 0.3) is 11.8 Å². The number of furan rings is 1. The summed E-state index contributed by atoms with van der Waals surface area (Å²) in [7, 11) is 1.61. The highest BCUT2D eigenvalue weighted by atomic mass is 16.3. The fraction of sp³-hybridized carbons (Fsp3) is 0.111. The van der Waals surface area contributed by atoms with E-state index in [1.165, 1.54) is 30.0 Å². The van der Waals surface area contributed by atoms with Gasteiger partial charge >= 0.3 is 0 Å². The van der Waals surface area contributed by atoms with E-state index in [-0.39, 0.29) is 17.2 Å². The monoisotopic (exact) mass is 352 g/mol. The Kier molecular flexibility index (Phi) is 4.66. The summed E-state index contributed by atoms with van der Waals surface area (Å²) < 4.78 is 6.41. The molecule has 0 radical (unpaired) electrons. The molecule has 26 heavy (non-hydrogen) atoms. The van der Waals surface area contributed by atoms with Gasteiger partial charge in [-0.1, -0.05) is 0 Å². The predicted octanol–water partition coefficient (Wildman–Crippen LogP) is 2.72. The zero-order valence-corrected chi connectivity index (χ0v) is 14.1. The Morgan fingerprint density at radius 2 is 1.77 bits per heavy atom. The van der Waals surface area contributed by atoms with Crippen molar-refractivity contribution in [1.82, 2.24) is 9.78 Å². The Balaban J connectivity index is 1.70. The number of hydrogen-bond acceptors (Lipinski definition) is 5. The van der Waals surface area contributed by atoms with E-state index in [4.69, 9.17) is 4.42 Å². The van der Waals surface area contributed by atoms with E-state index in [0.29, 0.717) is 17.1 Å². The maximum Gasteiger partial charge on any atom is 0.292 e. The lowest BCUT2D eigenvalue weighted by Crippen LogP contribution is -2.13. The first-order valence-electron chi connectivity index (χ1n) is 7.75. The van der Waals surface area contributed by atoms with Gasteiger partial charge in [-0.25, -0.2) is 0 Å². The molecule has 0 unspecified atom stereocenters. The summed E-state index contributed by atoms with van der Waals surface area (Å²) in [5.41, 5.74) is 1.23. The number of ketones is 1. The van der Waals surface area contributed by atoms with Gasteiger partial charge in [0.1, 0.15) is 5.82 Å². The number of nitrogens with one attached hydrogen (secondary N) is 2. The third-order valence-electron chi connectivity index (χ3n) is 3.65. The van der Waals surface area contributed by atoms with Gasteiger partial charge in [-0.05, 0) is 43.3 Å². The van der Waals surface area contributed by atoms with Crippen molar-refractivity contribution in [2.75, 3.05) is 10.6 Å². The quantitative estimate of drug-likeness (QED) is 0.687. The zero-order chi connectivity index (χ0) is 18.7. The van der Waals surface area contributed by atoms with Crippen LogP contribution in [0.3, 0.4) is 0 Å². The van der Waals surface area contributed by atoms with Crippen molar-refractivity contribution < 1.29 is 18.8 Å². The van der Waals surface area contributed by atoms with Crippen molar-refractivity contribution in [2.45, 2.75) is 6.92 Å². The minimum Gasteiger partial charge on any atom is -0.459 e. The highest BCUT2D eigenvalue weighted by Crippen LogP contribution is 2.15. The minimum atomic E-state index is -0.440. The first-order chi connectivity index (χ1) is 12.4. The minimum absolute atomic E-state index is 0.0513. The van der Waals surface area contributed by atoms with Gasteiger partial charge < -0.3 is 15.1 Å². The molecule has 0 spiro atoms. The Labute approximate surface area is 148 Å². The molecule has 0 bridgehead atoms. The van der Waals surface area contributed by atoms with Crippen LogP contribution in [0.4, 0.5) is 11.5 Å². The molecule has 0 aliphatic carbocycles. The van der Waals surface area contributed by atoms with Gasteiger partial charge in [0.05, 0.1) is 6.26 Å². The number of hydrogen-bond donors (Lipinski definition) is 2. The molecule has 3 aromatic rings. The number of aryl methyl sites for hydroxylation is 1. The Morgan fingerprint density at radius 3 is 2.38 bits per heavy atom. The number of anilines is 2. The summed E-state index contributed by atoms with van der Waals surface area (Å²) in [5.74, 6) is -0.421. The van der Waals surface area contributed by atoms with Crippen molar-refractivity contribution in [2.24, 2.45) is 7.05 Å². The molecular weight excluding hydrogens is 336 g/mol. The van der Waals surface area contributed by atoms with Crippen molar-refractivity contribution in [1.29, 1.82) is 0 Å². The summed E-state index contributed by atoms with van der Waals surface area (Å²) in [5, 5.41) is 9.40. The molecule has 8 heteroatoms. The molecular formula is C18H16N4O4. The van der Waals surface area contributed by atoms with Gasteiger partial charge in [-0.3, -0.25) is 19.1 Å². The Bertz CT molecular complexity index is 956. The molecule has 0 saturated heterocycles. The van der Waals surface area contributed by atoms with Crippen molar-refractivity contribution >= 4 is 29.1 Å². The molecule has 2 aromatic heterocycles. The first kappa shape index (κ1) is 17.2. The van der Waals surface area contributed by atoms with E-state index >= 15 is 0 Å². The summed E-state index contributed by atoms with van der Waals surface area (Å²) in [4.78, 5) is 35.6. The maximum absolute atomic E-state index is 12.3. The van der Waals surface area contributed by atoms with E-state index in [2.05, 4.69) is 15.7 Å². The summed E-state index contributed by atoms with van der Waals surface area (Å²) in [6.07, 6.45) is 1.40. The number of carbonyl (C=O) groups excluding carboxylic acids is 3. The standard InChI is InChI=1S/C18H16N4O4/c1-11(23)12-5-7-13(8-6-12)19-17(24)14-10-16(22(2)21-14)20-18(25)15-4-3-9-26-15/h3-10H,1-2H3,(H,19,24)(H,20,25). The van der Waals surface area contributed by atoms with Crippen LogP contribution in [0.15, 0.2) is 53.1 Å². The van der Waals surface area contributed by atoms with E-state index in [1.807, 2.05) is 0 Å². The van der Waals surface area contributed by atoms with Crippen LogP contribution in [0.2, 0.25) is 0 Å². The van der Waals surface area contributed by atoms with Crippen LogP contribution in [0.5, 0.6) is 0 Å². The lowest BCUT2D eigenvalue weighted by molar-refractivity contribution is 0.0991. The van der Waals surface area contributed by atoms with Crippen LogP contribution < -0.4 is 10.6 Å². The molecule has 1 aromatic carbocycles. The fourth-order valence-corrected chi connectivity index (χ4v) is 2.26. The number of aromatic nitrogens is 2. The largest absolute Gasteiger partial charge is 0.459 e. The van der Waals surface area contributed by atoms with Gasteiger partial charge in [-0.2, -0.15) is 5.10 Å². The lowest BCUT2D eigenvalue weighted by atomic mass is 10.1. The number of nitrogens with zero attached hydrogens (tertiary/aromatic N) is 2. The molecule has 0 fully saturated rings. The average Bonchev–Trinajstić information content (AvgIpc) is 3.26. The van der Waals surface area contributed by atoms with Crippen LogP contribution in [-0.4, -0.2) is 27.4 Å². The van der Waals surface area contributed by atoms with Crippen molar-refractivity contribution in [3.8, 4) is 0 Å². The van der Waals surface area contributed by atoms with Gasteiger partial charge in [0, 0.05) is 24.4 Å². The van der Waals surface area contributed by atoms with Gasteiger partial charge in [0.2, 0.25) is 0 Å². The van der Waals surface area contributed by atoms with Crippen LogP contribution in [0.1, 0.15) is 38.3 Å². The number of benzene rings is 1. The van der Waals surface area contributed by atoms with Crippen LogP contribution in [-0.2, 0) is 7.05 Å². The molecule has 0 aliphatic heterocycles. The molecule has 3 rings (SSSR count). The van der Waals surface area contributed by atoms with Crippen LogP contribution in [0.25, 0.3) is 0 Å². The molecule has 2 N–H and O–H groups in total. The second kappa shape index (κ2) is 7.06. The van der Waals surface area contributed by atoms with Gasteiger partial charge in [0.15, 0.2) is 17.2 Å². The van der Waals surface area contributed by atoms with Crippen LogP contribution in [0, 0.1) is 0 Å². The molecule has 0 aliphatic rings. The van der Waals surface area contributed by atoms with E-state index in [1.54, 1.807) is 37.4 Å². The Morgan fingerprint density at radius 1 is 1.04 bits per heavy atom. The van der Waals surface area contributed by atoms with Crippen molar-refractivity contribution in [3.63, 3.8) is 0 Å². The van der Waals surface area contributed by atoms with E-state index in [9.17, 15) is 14.4 Å². The van der Waals surface area contributed by atoms with Gasteiger partial charge in [-0.15, -0.1) is 0 Å². The van der Waals surface area contributed by atoms with E-state index in [0.717, 1.165) is 0 Å². The highest BCUT2D eigenvalue weighted by Gasteiger charge is 2.16. The zero-order valence-electron chi connectivity index (χ0n) is 14.1. The number of amides is 2. The number of rotatable bonds is 5. The normalized spacial score (nSPS) is 10.4. The fourth-order valence-electron chi connectivity index (χ4n) is 2.26. The maximum atomic E-state index is 12.3. The van der Waals surface area contributed by atoms with E-state index < -0.39 is 11.8 Å². The molecule has 8 nitrogen and oxygen atoms in total. The smallest absolute Gasteiger partial charge is 0.292 e. The third-order valence-corrected chi connectivity index (χ3v) is 3.65. The summed E-state index contributed by atoms with van der Waals surface area (Å²) >= 11 is 0. The summed E-state index contributed by atoms with van der Waals surface area (Å²) in [6.45, 7) is 1.47. The average molecular weight is 352 g/mol. The first-order valence-corrected chi connectivity index (χ1v) is 7.75. The summed E-state index contributed by atoms with van der Waals surface area (Å²) in [6, 6.07) is 11.1. The molecule has 132 valence electrons. The second-order valence-corrected chi connectivity index (χ2v) is 5.56.